The highest BCUT2D eigenvalue weighted by Gasteiger charge is 2.53. The predicted molar refractivity (Wildman–Crippen MR) is 289 cm³/mol. The number of aliphatic hydroxyl groups is 3. The van der Waals surface area contributed by atoms with E-state index in [2.05, 4.69) is 5.32 Å². The van der Waals surface area contributed by atoms with E-state index in [1.807, 2.05) is 82.3 Å². The van der Waals surface area contributed by atoms with Gasteiger partial charge in [-0.3, -0.25) is 19.2 Å². The molecule has 2 bridgehead atoms. The molecule has 1 amide bonds. The van der Waals surface area contributed by atoms with Gasteiger partial charge in [-0.25, -0.2) is 4.79 Å². The molecule has 3 fully saturated rings. The number of hydrogen-bond donors (Lipinski definition) is 4. The molecule has 0 radical (unpaired) electrons. The Hall–Kier alpha value is -4.39. The number of benzene rings is 1. The summed E-state index contributed by atoms with van der Waals surface area (Å²) in [6, 6.07) is 6.30. The second-order valence-corrected chi connectivity index (χ2v) is 22.3. The van der Waals surface area contributed by atoms with E-state index in [9.17, 15) is 39.3 Å². The molecule has 424 valence electrons. The van der Waals surface area contributed by atoms with Crippen LogP contribution in [0.3, 0.4) is 0 Å². The minimum atomic E-state index is -2.46. The van der Waals surface area contributed by atoms with E-state index in [1.165, 1.54) is 12.0 Å². The number of carbonyl (C=O) groups excluding carboxylic acids is 5. The van der Waals surface area contributed by atoms with Crippen molar-refractivity contribution in [2.75, 3.05) is 41.1 Å². The molecule has 0 unspecified atom stereocenters. The molecular formula is C60H90N2O14. The van der Waals surface area contributed by atoms with Crippen LogP contribution in [-0.2, 0) is 54.2 Å². The number of rotatable bonds is 12. The monoisotopic (exact) mass is 1060 g/mol. The third kappa shape index (κ3) is 17.3. The number of ether oxygens (including phenoxy) is 6. The normalized spacial score (nSPS) is 36.2. The first-order valence-corrected chi connectivity index (χ1v) is 27.8. The Bertz CT molecular complexity index is 2190. The van der Waals surface area contributed by atoms with Crippen molar-refractivity contribution in [2.45, 2.75) is 187 Å². The van der Waals surface area contributed by atoms with Gasteiger partial charge < -0.3 is 54.0 Å². The van der Waals surface area contributed by atoms with Gasteiger partial charge >= 0.3 is 5.97 Å². The van der Waals surface area contributed by atoms with Crippen molar-refractivity contribution in [3.8, 4) is 5.75 Å². The average molecular weight is 1060 g/mol. The predicted octanol–water partition coefficient (Wildman–Crippen LogP) is 7.35. The highest BCUT2D eigenvalue weighted by Crippen LogP contribution is 2.38. The first-order valence-electron chi connectivity index (χ1n) is 27.8. The van der Waals surface area contributed by atoms with Gasteiger partial charge in [-0.15, -0.1) is 0 Å². The van der Waals surface area contributed by atoms with Crippen LogP contribution in [-0.4, -0.2) is 145 Å². The number of nitrogens with one attached hydrogen (secondary N) is 1. The highest BCUT2D eigenvalue weighted by molar-refractivity contribution is 6.39. The fourth-order valence-corrected chi connectivity index (χ4v) is 11.3. The maximum absolute atomic E-state index is 14.6. The smallest absolute Gasteiger partial charge is 0.329 e. The fraction of sp³-hybridized carbons (Fsp3) is 0.683. The minimum absolute atomic E-state index is 0.00434. The van der Waals surface area contributed by atoms with Gasteiger partial charge in [-0.2, -0.15) is 0 Å². The van der Waals surface area contributed by atoms with Crippen molar-refractivity contribution in [2.24, 2.45) is 35.5 Å². The van der Waals surface area contributed by atoms with E-state index in [1.54, 1.807) is 41.1 Å². The molecule has 4 N–H and O–H groups in total. The Morgan fingerprint density at radius 3 is 2.28 bits per heavy atom. The Morgan fingerprint density at radius 1 is 0.842 bits per heavy atom. The van der Waals surface area contributed by atoms with E-state index in [0.717, 1.165) is 16.9 Å². The van der Waals surface area contributed by atoms with Crippen LogP contribution in [0.25, 0.3) is 0 Å². The second kappa shape index (κ2) is 30.1. The summed E-state index contributed by atoms with van der Waals surface area (Å²) in [6.07, 6.45) is 11.7. The SMILES string of the molecule is COCCOc1ccc(CN[C@H]2C[C@@H]3CC[C@@H](C)[C@@](O)(O3)C(=O)C(=O)N3CCCC[C@H]3C(=O)O[C@H]([C@H](C)C[C@@H]3CC[C@@H](O)[C@H](OC)C3)CC(=O)[C@H](C)/C=C(\C)[C@@H](O)[C@@H](OC)C(=O)[C@H](C)C[C@H](C)/C=C/C=C/C=C/2C)cc1. The summed E-state index contributed by atoms with van der Waals surface area (Å²) in [7, 11) is 4.57. The largest absolute Gasteiger partial charge is 0.491 e. The van der Waals surface area contributed by atoms with E-state index in [0.29, 0.717) is 89.5 Å². The molecule has 3 heterocycles. The van der Waals surface area contributed by atoms with Gasteiger partial charge in [0, 0.05) is 64.6 Å². The van der Waals surface area contributed by atoms with Crippen LogP contribution >= 0.6 is 0 Å². The zero-order valence-electron chi connectivity index (χ0n) is 46.9. The molecule has 0 aromatic heterocycles. The lowest BCUT2D eigenvalue weighted by atomic mass is 9.78. The Morgan fingerprint density at radius 2 is 1.58 bits per heavy atom. The van der Waals surface area contributed by atoms with Crippen molar-refractivity contribution in [3.63, 3.8) is 0 Å². The quantitative estimate of drug-likeness (QED) is 0.0697. The molecule has 3 aliphatic heterocycles. The molecule has 1 aromatic rings. The number of hydrogen-bond acceptors (Lipinski definition) is 15. The van der Waals surface area contributed by atoms with E-state index in [-0.39, 0.29) is 60.9 Å². The zero-order valence-corrected chi connectivity index (χ0v) is 46.9. The summed E-state index contributed by atoms with van der Waals surface area (Å²) in [5.41, 5.74) is 2.34. The lowest BCUT2D eigenvalue weighted by Crippen LogP contribution is -2.61. The number of Topliss-reactive ketones (excluding diaryl/α,β-unsaturated/α-hetero) is 3. The maximum Gasteiger partial charge on any atom is 0.329 e. The van der Waals surface area contributed by atoms with Crippen molar-refractivity contribution in [3.05, 3.63) is 77.4 Å². The standard InChI is InChI=1S/C60H90N2O14/c1-37-16-12-11-13-17-38(2)48(61-36-44-20-24-46(25-21-44)74-29-28-71-8)34-47-23-19-43(7)60(70,76-47)57(67)58(68)62-27-15-14-18-49(62)59(69)75-52(40(4)32-45-22-26-50(63)53(33-45)72-9)35-51(64)39(3)31-42(6)55(66)56(73-10)54(65)41(5)30-37/h11-13,16-17,20-21,24-25,31,37,39-41,43,45,47-50,52-53,55-56,61,63,66,70H,14-15,18-19,22-23,26-30,32-36H2,1-10H3/b13-11+,16-12+,38-17+,42-31+/t37-,39-,40-,41-,43-,45+,47+,48+,49+,50-,52+,53-,55-,56+,60-/m1/s1. The molecule has 16 heteroatoms. The van der Waals surface area contributed by atoms with Crippen LogP contribution in [0.2, 0.25) is 0 Å². The van der Waals surface area contributed by atoms with Gasteiger partial charge in [0.15, 0.2) is 5.78 Å². The third-order valence-electron chi connectivity index (χ3n) is 16.3. The number of methoxy groups -OCH3 is 3. The summed E-state index contributed by atoms with van der Waals surface area (Å²) >= 11 is 0. The third-order valence-corrected chi connectivity index (χ3v) is 16.3. The summed E-state index contributed by atoms with van der Waals surface area (Å²) in [6.45, 7) is 14.2. The number of carbonyl (C=O) groups is 5. The lowest BCUT2D eigenvalue weighted by Gasteiger charge is -2.43. The maximum atomic E-state index is 14.6. The van der Waals surface area contributed by atoms with Crippen molar-refractivity contribution < 1.29 is 67.7 Å². The van der Waals surface area contributed by atoms with E-state index < -0.39 is 77.8 Å². The van der Waals surface area contributed by atoms with Crippen LogP contribution in [0.1, 0.15) is 131 Å². The molecule has 16 nitrogen and oxygen atoms in total. The van der Waals surface area contributed by atoms with Gasteiger partial charge in [0.2, 0.25) is 5.79 Å². The first kappa shape index (κ1) is 62.5. The molecule has 1 aromatic carbocycles. The molecule has 4 aliphatic rings. The number of cyclic esters (lactones) is 1. The van der Waals surface area contributed by atoms with Crippen LogP contribution in [0.15, 0.2) is 71.9 Å². The summed E-state index contributed by atoms with van der Waals surface area (Å²) in [4.78, 5) is 72.9. The summed E-state index contributed by atoms with van der Waals surface area (Å²) in [5, 5.41) is 38.0. The molecule has 76 heavy (non-hydrogen) atoms. The number of allylic oxidation sites excluding steroid dienone is 6. The van der Waals surface area contributed by atoms with Gasteiger partial charge in [-0.05, 0) is 125 Å². The fourth-order valence-electron chi connectivity index (χ4n) is 11.3. The first-order chi connectivity index (χ1) is 36.2. The molecule has 1 saturated carbocycles. The Balaban J connectivity index is 1.48. The number of aliphatic hydroxyl groups excluding tert-OH is 2. The van der Waals surface area contributed by atoms with Gasteiger partial charge in [-0.1, -0.05) is 88.8 Å². The van der Waals surface area contributed by atoms with Crippen molar-refractivity contribution in [1.82, 2.24) is 10.2 Å². The zero-order chi connectivity index (χ0) is 55.7. The minimum Gasteiger partial charge on any atom is -0.491 e. The number of fused-ring (bicyclic) bond motifs is 3. The number of ketones is 3. The molecule has 15 atom stereocenters. The molecule has 1 aliphatic carbocycles. The van der Waals surface area contributed by atoms with E-state index in [4.69, 9.17) is 28.4 Å². The van der Waals surface area contributed by atoms with Crippen LogP contribution < -0.4 is 10.1 Å². The number of amides is 1. The van der Waals surface area contributed by atoms with Gasteiger partial charge in [0.25, 0.3) is 11.7 Å². The highest BCUT2D eigenvalue weighted by atomic mass is 16.6. The van der Waals surface area contributed by atoms with Crippen molar-refractivity contribution >= 4 is 29.2 Å². The summed E-state index contributed by atoms with van der Waals surface area (Å²) in [5.74, 6) is -7.41. The van der Waals surface area contributed by atoms with Crippen LogP contribution in [0, 0.1) is 35.5 Å². The van der Waals surface area contributed by atoms with E-state index >= 15 is 0 Å². The van der Waals surface area contributed by atoms with Gasteiger partial charge in [0.05, 0.1) is 24.9 Å². The topological polar surface area (TPSA) is 217 Å². The number of esters is 1. The molecular weight excluding hydrogens is 973 g/mol. The van der Waals surface area contributed by atoms with Crippen LogP contribution in [0.5, 0.6) is 5.75 Å². The second-order valence-electron chi connectivity index (χ2n) is 22.3. The molecule has 0 spiro atoms. The van der Waals surface area contributed by atoms with Crippen LogP contribution in [0.4, 0.5) is 0 Å². The number of nitrogens with zero attached hydrogens (tertiary/aromatic N) is 1. The molecule has 2 saturated heterocycles. The Labute approximate surface area is 452 Å². The number of piperidine rings is 1. The van der Waals surface area contributed by atoms with Gasteiger partial charge in [0.1, 0.15) is 42.5 Å². The average Bonchev–Trinajstić information content (AvgIpc) is 3.40. The Kier molecular flexibility index (Phi) is 24.7. The molecule has 5 rings (SSSR count). The van der Waals surface area contributed by atoms with Crippen molar-refractivity contribution in [1.29, 1.82) is 0 Å². The lowest BCUT2D eigenvalue weighted by molar-refractivity contribution is -0.264. The summed E-state index contributed by atoms with van der Waals surface area (Å²) < 4.78 is 34.8.